The fraction of sp³-hybridized carbons (Fsp3) is 0.222. The zero-order chi connectivity index (χ0) is 11.9. The standard InChI is InChI=1S/C9H8BrN3O2S/c1-4-7(10)16-8(12-4)5-3-11-13(2)6(5)9(14)15/h3H,1-2H3,(H,14,15). The molecule has 5 nitrogen and oxygen atoms in total. The van der Waals surface area contributed by atoms with Crippen LogP contribution in [0.15, 0.2) is 9.98 Å². The molecule has 0 spiro atoms. The number of carbonyl (C=O) groups is 1. The number of hydrogen-bond donors (Lipinski definition) is 1. The number of nitrogens with zero attached hydrogens (tertiary/aromatic N) is 3. The van der Waals surface area contributed by atoms with E-state index >= 15 is 0 Å². The van der Waals surface area contributed by atoms with E-state index in [1.807, 2.05) is 6.92 Å². The van der Waals surface area contributed by atoms with Gasteiger partial charge >= 0.3 is 5.97 Å². The molecule has 16 heavy (non-hydrogen) atoms. The highest BCUT2D eigenvalue weighted by atomic mass is 79.9. The minimum Gasteiger partial charge on any atom is -0.477 e. The van der Waals surface area contributed by atoms with Gasteiger partial charge in [0.05, 0.1) is 21.2 Å². The highest BCUT2D eigenvalue weighted by molar-refractivity contribution is 9.11. The smallest absolute Gasteiger partial charge is 0.354 e. The van der Waals surface area contributed by atoms with Gasteiger partial charge in [-0.2, -0.15) is 5.10 Å². The number of aryl methyl sites for hydroxylation is 2. The van der Waals surface area contributed by atoms with Crippen LogP contribution >= 0.6 is 27.3 Å². The van der Waals surface area contributed by atoms with Crippen molar-refractivity contribution >= 4 is 33.2 Å². The Labute approximate surface area is 104 Å². The minimum atomic E-state index is -1.00. The average Bonchev–Trinajstić information content (AvgIpc) is 2.71. The van der Waals surface area contributed by atoms with Crippen molar-refractivity contribution in [2.75, 3.05) is 0 Å². The molecule has 0 fully saturated rings. The second-order valence-electron chi connectivity index (χ2n) is 3.21. The van der Waals surface area contributed by atoms with Gasteiger partial charge in [-0.1, -0.05) is 0 Å². The third-order valence-corrected chi connectivity index (χ3v) is 4.15. The van der Waals surface area contributed by atoms with Crippen LogP contribution in [-0.4, -0.2) is 25.8 Å². The Bertz CT molecular complexity index is 542. The van der Waals surface area contributed by atoms with Crippen molar-refractivity contribution in [1.29, 1.82) is 0 Å². The predicted molar refractivity (Wildman–Crippen MR) is 63.7 cm³/mol. The number of halogens is 1. The van der Waals surface area contributed by atoms with Crippen LogP contribution in [0.4, 0.5) is 0 Å². The van der Waals surface area contributed by atoms with Crippen LogP contribution in [0.3, 0.4) is 0 Å². The lowest BCUT2D eigenvalue weighted by Crippen LogP contribution is -2.06. The molecule has 7 heteroatoms. The fourth-order valence-corrected chi connectivity index (χ4v) is 2.69. The third-order valence-electron chi connectivity index (χ3n) is 2.11. The van der Waals surface area contributed by atoms with Gasteiger partial charge < -0.3 is 5.11 Å². The van der Waals surface area contributed by atoms with Gasteiger partial charge in [0.25, 0.3) is 0 Å². The maximum atomic E-state index is 11.1. The summed E-state index contributed by atoms with van der Waals surface area (Å²) in [5, 5.41) is 13.7. The Balaban J connectivity index is 2.60. The predicted octanol–water partition coefficient (Wildman–Crippen LogP) is 2.31. The van der Waals surface area contributed by atoms with Crippen LogP contribution in [-0.2, 0) is 7.05 Å². The normalized spacial score (nSPS) is 10.7. The van der Waals surface area contributed by atoms with Gasteiger partial charge in [0.15, 0.2) is 5.69 Å². The Kier molecular flexibility index (Phi) is 2.81. The number of carboxylic acids is 1. The summed E-state index contributed by atoms with van der Waals surface area (Å²) in [6, 6.07) is 0. The summed E-state index contributed by atoms with van der Waals surface area (Å²) < 4.78 is 2.24. The molecule has 2 heterocycles. The average molecular weight is 302 g/mol. The van der Waals surface area contributed by atoms with Crippen LogP contribution in [0.1, 0.15) is 16.2 Å². The topological polar surface area (TPSA) is 68.0 Å². The molecule has 0 atom stereocenters. The van der Waals surface area contributed by atoms with Crippen molar-refractivity contribution in [1.82, 2.24) is 14.8 Å². The molecule has 1 N–H and O–H groups in total. The molecule has 2 rings (SSSR count). The highest BCUT2D eigenvalue weighted by Gasteiger charge is 2.20. The fourth-order valence-electron chi connectivity index (χ4n) is 1.34. The minimum absolute atomic E-state index is 0.154. The summed E-state index contributed by atoms with van der Waals surface area (Å²) in [6.45, 7) is 1.86. The van der Waals surface area contributed by atoms with Gasteiger partial charge in [-0.15, -0.1) is 11.3 Å². The number of aromatic nitrogens is 3. The lowest BCUT2D eigenvalue weighted by molar-refractivity contribution is 0.0686. The van der Waals surface area contributed by atoms with Gasteiger partial charge in [-0.05, 0) is 22.9 Å². The molecule has 0 amide bonds. The Morgan fingerprint density at radius 2 is 2.31 bits per heavy atom. The number of hydrogen-bond acceptors (Lipinski definition) is 4. The maximum absolute atomic E-state index is 11.1. The van der Waals surface area contributed by atoms with Crippen molar-refractivity contribution in [3.05, 3.63) is 21.4 Å². The van der Waals surface area contributed by atoms with Crippen LogP contribution < -0.4 is 0 Å². The van der Waals surface area contributed by atoms with Crippen LogP contribution in [0.5, 0.6) is 0 Å². The van der Waals surface area contributed by atoms with Gasteiger partial charge in [0.1, 0.15) is 5.01 Å². The van der Waals surface area contributed by atoms with E-state index in [4.69, 9.17) is 5.11 Å². The van der Waals surface area contributed by atoms with Crippen molar-refractivity contribution in [3.63, 3.8) is 0 Å². The third kappa shape index (κ3) is 1.76. The van der Waals surface area contributed by atoms with E-state index in [-0.39, 0.29) is 5.69 Å². The van der Waals surface area contributed by atoms with Gasteiger partial charge in [0, 0.05) is 7.05 Å². The molecule has 2 aromatic heterocycles. The summed E-state index contributed by atoms with van der Waals surface area (Å²) in [5.74, 6) is -1.00. The van der Waals surface area contributed by atoms with E-state index in [0.717, 1.165) is 9.48 Å². The van der Waals surface area contributed by atoms with Crippen molar-refractivity contribution in [2.24, 2.45) is 7.05 Å². The van der Waals surface area contributed by atoms with Gasteiger partial charge in [-0.25, -0.2) is 9.78 Å². The molecule has 0 unspecified atom stereocenters. The molecule has 0 radical (unpaired) electrons. The monoisotopic (exact) mass is 301 g/mol. The first kappa shape index (κ1) is 11.3. The largest absolute Gasteiger partial charge is 0.477 e. The zero-order valence-electron chi connectivity index (χ0n) is 8.56. The van der Waals surface area contributed by atoms with Crippen LogP contribution in [0.25, 0.3) is 10.6 Å². The van der Waals surface area contributed by atoms with E-state index in [9.17, 15) is 4.79 Å². The molecular formula is C9H8BrN3O2S. The number of carboxylic acid groups (broad SMARTS) is 1. The lowest BCUT2D eigenvalue weighted by atomic mass is 10.2. The molecule has 0 aliphatic carbocycles. The van der Waals surface area contributed by atoms with Crippen LogP contribution in [0, 0.1) is 6.92 Å². The van der Waals surface area contributed by atoms with Crippen LogP contribution in [0.2, 0.25) is 0 Å². The maximum Gasteiger partial charge on any atom is 0.354 e. The van der Waals surface area contributed by atoms with E-state index in [2.05, 4.69) is 26.0 Å². The second kappa shape index (κ2) is 3.99. The molecule has 0 aromatic carbocycles. The van der Waals surface area contributed by atoms with E-state index < -0.39 is 5.97 Å². The van der Waals surface area contributed by atoms with Crippen molar-refractivity contribution in [3.8, 4) is 10.6 Å². The molecule has 0 saturated heterocycles. The second-order valence-corrected chi connectivity index (χ2v) is 5.53. The first-order valence-corrected chi connectivity index (χ1v) is 6.00. The summed E-state index contributed by atoms with van der Waals surface area (Å²) in [6.07, 6.45) is 1.52. The zero-order valence-corrected chi connectivity index (χ0v) is 11.0. The number of thiazole rings is 1. The molecule has 0 aliphatic heterocycles. The van der Waals surface area contributed by atoms with Crippen molar-refractivity contribution < 1.29 is 9.90 Å². The van der Waals surface area contributed by atoms with E-state index in [0.29, 0.717) is 10.6 Å². The Morgan fingerprint density at radius 1 is 1.62 bits per heavy atom. The summed E-state index contributed by atoms with van der Waals surface area (Å²) >= 11 is 4.76. The molecular weight excluding hydrogens is 294 g/mol. The Morgan fingerprint density at radius 3 is 2.81 bits per heavy atom. The number of rotatable bonds is 2. The first-order chi connectivity index (χ1) is 7.50. The molecule has 84 valence electrons. The lowest BCUT2D eigenvalue weighted by Gasteiger charge is -1.97. The van der Waals surface area contributed by atoms with E-state index in [1.54, 1.807) is 7.05 Å². The molecule has 2 aromatic rings. The van der Waals surface area contributed by atoms with Gasteiger partial charge in [0.2, 0.25) is 0 Å². The van der Waals surface area contributed by atoms with Gasteiger partial charge in [-0.3, -0.25) is 4.68 Å². The summed E-state index contributed by atoms with van der Waals surface area (Å²) in [5.41, 5.74) is 1.55. The highest BCUT2D eigenvalue weighted by Crippen LogP contribution is 2.33. The number of aromatic carboxylic acids is 1. The quantitative estimate of drug-likeness (QED) is 0.924. The summed E-state index contributed by atoms with van der Waals surface area (Å²) in [4.78, 5) is 15.4. The molecule has 0 bridgehead atoms. The Hall–Kier alpha value is -1.21. The van der Waals surface area contributed by atoms with Crippen molar-refractivity contribution in [2.45, 2.75) is 6.92 Å². The molecule has 0 aliphatic rings. The molecule has 0 saturated carbocycles. The first-order valence-electron chi connectivity index (χ1n) is 4.39. The SMILES string of the molecule is Cc1nc(-c2cnn(C)c2C(=O)O)sc1Br. The van der Waals surface area contributed by atoms with E-state index in [1.165, 1.54) is 22.2 Å². The summed E-state index contributed by atoms with van der Waals surface area (Å²) in [7, 11) is 1.60.